The molecule has 0 heterocycles. The Bertz CT molecular complexity index is 440. The highest BCUT2D eigenvalue weighted by atomic mass is 28.5. The molecule has 0 bridgehead atoms. The third-order valence-corrected chi connectivity index (χ3v) is 14.0. The summed E-state index contributed by atoms with van der Waals surface area (Å²) in [5.74, 6) is -0.134. The lowest BCUT2D eigenvalue weighted by atomic mass is 9.91. The Kier molecular flexibility index (Phi) is 10.9. The molecule has 0 saturated heterocycles. The maximum Gasteiger partial charge on any atom is 0.479 e. The summed E-state index contributed by atoms with van der Waals surface area (Å²) in [5.41, 5.74) is -0.433. The van der Waals surface area contributed by atoms with Gasteiger partial charge in [-0.3, -0.25) is 4.79 Å². The molecule has 0 aromatic carbocycles. The molecule has 0 radical (unpaired) electrons. The quantitative estimate of drug-likeness (QED) is 0.222. The molecule has 0 aromatic heterocycles. The Morgan fingerprint density at radius 1 is 0.963 bits per heavy atom. The smallest absolute Gasteiger partial charge is 0.465 e. The zero-order valence-corrected chi connectivity index (χ0v) is 23.8. The van der Waals surface area contributed by atoms with Crippen LogP contribution in [0.15, 0.2) is 0 Å². The number of rotatable bonds is 13. The average Bonchev–Trinajstić information content (AvgIpc) is 2.46. The molecule has 0 amide bonds. The van der Waals surface area contributed by atoms with Gasteiger partial charge < -0.3 is 17.4 Å². The van der Waals surface area contributed by atoms with Crippen molar-refractivity contribution in [3.05, 3.63) is 0 Å². The molecule has 0 unspecified atom stereocenters. The van der Waals surface area contributed by atoms with Crippen molar-refractivity contribution in [2.24, 2.45) is 5.41 Å². The maximum atomic E-state index is 12.2. The van der Waals surface area contributed by atoms with Crippen molar-refractivity contribution in [3.8, 4) is 0 Å². The Morgan fingerprint density at radius 2 is 1.44 bits per heavy atom. The van der Waals surface area contributed by atoms with E-state index in [0.29, 0.717) is 19.1 Å². The third-order valence-electron chi connectivity index (χ3n) is 3.86. The van der Waals surface area contributed by atoms with Crippen LogP contribution in [-0.2, 0) is 22.2 Å². The Morgan fingerprint density at radius 3 is 1.81 bits per heavy atom. The van der Waals surface area contributed by atoms with Gasteiger partial charge in [-0.2, -0.15) is 0 Å². The number of hydrogen-bond donors (Lipinski definition) is 0. The van der Waals surface area contributed by atoms with Gasteiger partial charge in [-0.25, -0.2) is 0 Å². The highest BCUT2D eigenvalue weighted by molar-refractivity contribution is 6.85. The summed E-state index contributed by atoms with van der Waals surface area (Å²) < 4.78 is 25.1. The summed E-state index contributed by atoms with van der Waals surface area (Å²) in [7, 11) is -7.36. The second kappa shape index (κ2) is 10.8. The van der Waals surface area contributed by atoms with E-state index < -0.39 is 39.7 Å². The number of carbonyl (C=O) groups excluding carboxylic acids is 1. The van der Waals surface area contributed by atoms with E-state index in [9.17, 15) is 4.79 Å². The van der Waals surface area contributed by atoms with Crippen LogP contribution in [0.25, 0.3) is 0 Å². The standard InChI is InChI=1S/C18H44O5Si4/c1-12-18(2,3)17(19)20-14-13-15-27(21-16-24(4)5,22-25(6,7)8)23-26(9,10)11/h24H,12-16H2,1-11H3. The predicted molar refractivity (Wildman–Crippen MR) is 124 cm³/mol. The van der Waals surface area contributed by atoms with Crippen molar-refractivity contribution in [1.82, 2.24) is 0 Å². The molecule has 0 spiro atoms. The van der Waals surface area contributed by atoms with Crippen LogP contribution in [0.2, 0.25) is 58.4 Å². The topological polar surface area (TPSA) is 54.0 Å². The summed E-state index contributed by atoms with van der Waals surface area (Å²) in [5, 5.41) is 0. The zero-order valence-electron chi connectivity index (χ0n) is 19.7. The summed E-state index contributed by atoms with van der Waals surface area (Å²) in [4.78, 5) is 12.2. The summed E-state index contributed by atoms with van der Waals surface area (Å²) in [6, 6.07) is 0.711. The van der Waals surface area contributed by atoms with E-state index in [-0.39, 0.29) is 5.97 Å². The lowest BCUT2D eigenvalue weighted by Crippen LogP contribution is -2.57. The van der Waals surface area contributed by atoms with Gasteiger partial charge in [0.05, 0.1) is 20.8 Å². The molecular formula is C18H44O5Si4. The SMILES string of the molecule is CCC(C)(C)C(=O)OCCC[Si](OC[SiH](C)C)(O[Si](C)(C)C)O[Si](C)(C)C. The van der Waals surface area contributed by atoms with Gasteiger partial charge in [-0.05, 0) is 66.0 Å². The molecule has 162 valence electrons. The van der Waals surface area contributed by atoms with E-state index in [0.717, 1.165) is 12.7 Å². The van der Waals surface area contributed by atoms with Gasteiger partial charge in [0.15, 0.2) is 16.6 Å². The Labute approximate surface area is 172 Å². The van der Waals surface area contributed by atoms with Crippen molar-refractivity contribution >= 4 is 40.2 Å². The maximum absolute atomic E-state index is 12.2. The number of hydrogen-bond acceptors (Lipinski definition) is 5. The lowest BCUT2D eigenvalue weighted by Gasteiger charge is -2.39. The van der Waals surface area contributed by atoms with Crippen LogP contribution >= 0.6 is 0 Å². The van der Waals surface area contributed by atoms with Crippen molar-refractivity contribution in [3.63, 3.8) is 0 Å². The summed E-state index contributed by atoms with van der Waals surface area (Å²) in [6.07, 6.45) is 2.25. The second-order valence-corrected chi connectivity index (χ2v) is 25.7. The third kappa shape index (κ3) is 12.4. The molecule has 0 aromatic rings. The van der Waals surface area contributed by atoms with Gasteiger partial charge in [0.1, 0.15) is 0 Å². The molecule has 0 N–H and O–H groups in total. The molecule has 0 atom stereocenters. The van der Waals surface area contributed by atoms with Crippen molar-refractivity contribution in [2.45, 2.75) is 92.0 Å². The molecule has 0 saturated carbocycles. The first-order valence-electron chi connectivity index (χ1n) is 10.2. The van der Waals surface area contributed by atoms with Crippen LogP contribution in [0.1, 0.15) is 33.6 Å². The second-order valence-electron chi connectivity index (χ2n) is 10.3. The minimum absolute atomic E-state index is 0.134. The van der Waals surface area contributed by atoms with Crippen molar-refractivity contribution in [2.75, 3.05) is 12.8 Å². The molecular weight excluding hydrogens is 409 g/mol. The summed E-state index contributed by atoms with van der Waals surface area (Å²) >= 11 is 0. The largest absolute Gasteiger partial charge is 0.479 e. The fourth-order valence-electron chi connectivity index (χ4n) is 2.27. The molecule has 0 aliphatic carbocycles. The first kappa shape index (κ1) is 27.2. The Hall–Kier alpha value is 0.218. The molecule has 9 heteroatoms. The number of ether oxygens (including phenoxy) is 1. The number of esters is 1. The van der Waals surface area contributed by atoms with Crippen LogP contribution in [-0.4, -0.2) is 53.0 Å². The van der Waals surface area contributed by atoms with Crippen molar-refractivity contribution < 1.29 is 22.2 Å². The van der Waals surface area contributed by atoms with Crippen LogP contribution in [0.4, 0.5) is 0 Å². The van der Waals surface area contributed by atoms with Gasteiger partial charge in [0.25, 0.3) is 0 Å². The minimum atomic E-state index is -2.79. The van der Waals surface area contributed by atoms with E-state index >= 15 is 0 Å². The van der Waals surface area contributed by atoms with Crippen LogP contribution in [0.5, 0.6) is 0 Å². The first-order valence-corrected chi connectivity index (χ1v) is 22.1. The van der Waals surface area contributed by atoms with Gasteiger partial charge >= 0.3 is 14.8 Å². The van der Waals surface area contributed by atoms with E-state index in [1.807, 2.05) is 20.8 Å². The Balaban J connectivity index is 5.16. The van der Waals surface area contributed by atoms with E-state index in [2.05, 4.69) is 52.4 Å². The van der Waals surface area contributed by atoms with Crippen molar-refractivity contribution in [1.29, 1.82) is 0 Å². The van der Waals surface area contributed by atoms with Crippen LogP contribution in [0, 0.1) is 5.41 Å². The first-order chi connectivity index (χ1) is 12.0. The van der Waals surface area contributed by atoms with Gasteiger partial charge in [-0.1, -0.05) is 20.0 Å². The molecule has 0 fully saturated rings. The zero-order chi connectivity index (χ0) is 21.5. The van der Waals surface area contributed by atoms with Gasteiger partial charge in [-0.15, -0.1) is 0 Å². The van der Waals surface area contributed by atoms with E-state index in [1.165, 1.54) is 0 Å². The highest BCUT2D eigenvalue weighted by Crippen LogP contribution is 2.28. The van der Waals surface area contributed by atoms with E-state index in [1.54, 1.807) is 0 Å². The summed E-state index contributed by atoms with van der Waals surface area (Å²) in [6.45, 7) is 23.9. The minimum Gasteiger partial charge on any atom is -0.465 e. The fraction of sp³-hybridized carbons (Fsp3) is 0.944. The molecule has 5 nitrogen and oxygen atoms in total. The molecule has 0 aliphatic heterocycles. The average molecular weight is 453 g/mol. The normalized spacial score (nSPS) is 13.9. The monoisotopic (exact) mass is 452 g/mol. The molecule has 27 heavy (non-hydrogen) atoms. The molecule has 0 aliphatic rings. The van der Waals surface area contributed by atoms with Gasteiger partial charge in [0, 0.05) is 12.3 Å². The highest BCUT2D eigenvalue weighted by Gasteiger charge is 2.47. The molecule has 0 rings (SSSR count). The van der Waals surface area contributed by atoms with Crippen LogP contribution in [0.3, 0.4) is 0 Å². The van der Waals surface area contributed by atoms with Gasteiger partial charge in [0.2, 0.25) is 0 Å². The van der Waals surface area contributed by atoms with Crippen LogP contribution < -0.4 is 0 Å². The predicted octanol–water partition coefficient (Wildman–Crippen LogP) is 5.04. The lowest BCUT2D eigenvalue weighted by molar-refractivity contribution is -0.154. The fourth-order valence-corrected chi connectivity index (χ4v) is 14.6. The van der Waals surface area contributed by atoms with E-state index in [4.69, 9.17) is 17.4 Å². The number of carbonyl (C=O) groups is 1.